The summed E-state index contributed by atoms with van der Waals surface area (Å²) in [5.41, 5.74) is 8.79. The molecular formula is C25H40OSm-2. The molecule has 0 spiro atoms. The van der Waals surface area contributed by atoms with E-state index in [-0.39, 0.29) is 51.2 Å². The summed E-state index contributed by atoms with van der Waals surface area (Å²) in [7, 11) is 0. The molecule has 1 atom stereocenters. The molecule has 1 saturated heterocycles. The largest absolute Gasteiger partial charge is 0.379 e. The van der Waals surface area contributed by atoms with E-state index < -0.39 is 0 Å². The van der Waals surface area contributed by atoms with Crippen LogP contribution in [0.4, 0.5) is 0 Å². The van der Waals surface area contributed by atoms with Crippen LogP contribution in [0, 0.1) is 63.4 Å². The third-order valence-electron chi connectivity index (χ3n) is 6.28. The van der Waals surface area contributed by atoms with Crippen LogP contribution in [0.5, 0.6) is 0 Å². The smallest absolute Gasteiger partial charge is 0.0547 e. The predicted octanol–water partition coefficient (Wildman–Crippen LogP) is 7.41. The monoisotopic (exact) mass is 508 g/mol. The summed E-state index contributed by atoms with van der Waals surface area (Å²) in [5.74, 6) is 0. The summed E-state index contributed by atoms with van der Waals surface area (Å²) in [6, 6.07) is 0. The first-order valence-corrected chi connectivity index (χ1v) is 10.0. The number of rotatable bonds is 0. The van der Waals surface area contributed by atoms with Crippen LogP contribution in [0.15, 0.2) is 33.4 Å². The van der Waals surface area contributed by atoms with Gasteiger partial charge in [0.2, 0.25) is 0 Å². The van der Waals surface area contributed by atoms with E-state index in [1.165, 1.54) is 46.3 Å². The molecular weight excluding hydrogens is 467 g/mol. The molecule has 1 unspecified atom stereocenters. The molecule has 0 aromatic heterocycles. The number of hydrogen-bond donors (Lipinski definition) is 0. The molecule has 0 aromatic carbocycles. The third-order valence-corrected chi connectivity index (χ3v) is 6.28. The summed E-state index contributed by atoms with van der Waals surface area (Å²) < 4.78 is 5.15. The molecule has 1 nitrogen and oxygen atoms in total. The third kappa shape index (κ3) is 7.54. The number of ether oxygens (including phenoxy) is 1. The van der Waals surface area contributed by atoms with E-state index in [1.807, 2.05) is 0 Å². The first-order valence-electron chi connectivity index (χ1n) is 10.0. The second-order valence-corrected chi connectivity index (χ2v) is 9.07. The maximum Gasteiger partial charge on any atom is 0.0547 e. The minimum Gasteiger partial charge on any atom is -0.379 e. The summed E-state index contributed by atoms with van der Waals surface area (Å²) >= 11 is 0. The topological polar surface area (TPSA) is 9.23 Å². The summed E-state index contributed by atoms with van der Waals surface area (Å²) in [6.07, 6.45) is 9.95. The fourth-order valence-electron chi connectivity index (χ4n) is 3.55. The van der Waals surface area contributed by atoms with Crippen LogP contribution in [-0.2, 0) is 4.74 Å². The van der Waals surface area contributed by atoms with Crippen molar-refractivity contribution in [2.75, 3.05) is 6.61 Å². The van der Waals surface area contributed by atoms with Crippen molar-refractivity contribution in [1.29, 1.82) is 0 Å². The van der Waals surface area contributed by atoms with Crippen LogP contribution in [0.1, 0.15) is 89.0 Å². The van der Waals surface area contributed by atoms with Crippen molar-refractivity contribution in [3.8, 4) is 0 Å². The Morgan fingerprint density at radius 3 is 1.22 bits per heavy atom. The summed E-state index contributed by atoms with van der Waals surface area (Å²) in [6.45, 7) is 24.9. The van der Waals surface area contributed by atoms with Crippen LogP contribution < -0.4 is 0 Å². The Bertz CT molecular complexity index is 585. The zero-order chi connectivity index (χ0) is 20.3. The summed E-state index contributed by atoms with van der Waals surface area (Å²) in [5, 5.41) is 0. The van der Waals surface area contributed by atoms with Crippen LogP contribution in [0.3, 0.4) is 0 Å². The van der Waals surface area contributed by atoms with Gasteiger partial charge in [0, 0.05) is 47.0 Å². The van der Waals surface area contributed by atoms with Crippen molar-refractivity contribution in [1.82, 2.24) is 0 Å². The van der Waals surface area contributed by atoms with Gasteiger partial charge in [0.25, 0.3) is 0 Å². The maximum atomic E-state index is 5.15. The second kappa shape index (κ2) is 10.9. The minimum absolute atomic E-state index is 0. The van der Waals surface area contributed by atoms with E-state index in [0.717, 1.165) is 6.61 Å². The normalized spacial score (nSPS) is 25.1. The Kier molecular flexibility index (Phi) is 11.0. The molecule has 1 heterocycles. The van der Waals surface area contributed by atoms with Gasteiger partial charge in [0.1, 0.15) is 0 Å². The zero-order valence-corrected chi connectivity index (χ0v) is 22.1. The molecule has 2 heteroatoms. The van der Waals surface area contributed by atoms with Crippen LogP contribution in [0.2, 0.25) is 0 Å². The minimum atomic E-state index is 0. The molecule has 0 bridgehead atoms. The Hall–Kier alpha value is 0.258. The fourth-order valence-corrected chi connectivity index (χ4v) is 3.55. The van der Waals surface area contributed by atoms with Crippen LogP contribution >= 0.6 is 0 Å². The maximum absolute atomic E-state index is 5.15. The number of allylic oxidation sites excluding steroid dienone is 8. The van der Waals surface area contributed by atoms with Gasteiger partial charge in [0.15, 0.2) is 0 Å². The first kappa shape index (κ1) is 27.3. The molecule has 0 N–H and O–H groups in total. The Balaban J connectivity index is 0.000000380. The molecule has 154 valence electrons. The molecule has 0 amide bonds. The molecule has 3 aliphatic rings. The standard InChI is InChI=1S/2C10H15.C5H10O.Sm/c2*1-7-6-10(4,5)9(3)8(7)2;1-5-3-2-4-6-5;/h2*1-5H3;5H,2-4H2,1H3;/q2*-1;;. The fraction of sp³-hybridized carbons (Fsp3) is 0.680. The van der Waals surface area contributed by atoms with Gasteiger partial charge in [-0.1, -0.05) is 66.2 Å². The second-order valence-electron chi connectivity index (χ2n) is 9.07. The molecule has 0 radical (unpaired) electrons. The van der Waals surface area contributed by atoms with E-state index in [0.29, 0.717) is 6.10 Å². The average molecular weight is 507 g/mol. The Morgan fingerprint density at radius 2 is 1.15 bits per heavy atom. The molecule has 1 fully saturated rings. The van der Waals surface area contributed by atoms with Gasteiger partial charge in [-0.3, -0.25) is 12.2 Å². The van der Waals surface area contributed by atoms with Gasteiger partial charge in [-0.2, -0.15) is 22.3 Å². The zero-order valence-electron chi connectivity index (χ0n) is 19.5. The Morgan fingerprint density at radius 1 is 0.778 bits per heavy atom. The van der Waals surface area contributed by atoms with Crippen molar-refractivity contribution in [3.05, 3.63) is 45.6 Å². The molecule has 0 aromatic rings. The predicted molar refractivity (Wildman–Crippen MR) is 114 cm³/mol. The SMILES string of the molecule is CC1=[C-]C(C)(C)C(C)=C1C.CC1=[C-]C(C)(C)C(C)=C1C.CC1CCCO1.[Sm]. The van der Waals surface area contributed by atoms with Crippen molar-refractivity contribution < 1.29 is 45.1 Å². The van der Waals surface area contributed by atoms with E-state index in [2.05, 4.69) is 88.3 Å². The summed E-state index contributed by atoms with van der Waals surface area (Å²) in [4.78, 5) is 0. The van der Waals surface area contributed by atoms with Gasteiger partial charge in [-0.15, -0.1) is 13.8 Å². The molecule has 0 saturated carbocycles. The van der Waals surface area contributed by atoms with Gasteiger partial charge >= 0.3 is 0 Å². The Labute approximate surface area is 201 Å². The average Bonchev–Trinajstić information content (AvgIpc) is 3.13. The molecule has 27 heavy (non-hydrogen) atoms. The van der Waals surface area contributed by atoms with E-state index in [9.17, 15) is 0 Å². The molecule has 3 rings (SSSR count). The first-order chi connectivity index (χ1) is 11.8. The van der Waals surface area contributed by atoms with Crippen molar-refractivity contribution in [2.24, 2.45) is 10.8 Å². The van der Waals surface area contributed by atoms with Crippen molar-refractivity contribution >= 4 is 0 Å². The molecule has 2 aliphatic carbocycles. The van der Waals surface area contributed by atoms with Crippen LogP contribution in [0.25, 0.3) is 0 Å². The van der Waals surface area contributed by atoms with Crippen molar-refractivity contribution in [3.63, 3.8) is 0 Å². The quantitative estimate of drug-likeness (QED) is 0.311. The molecule has 1 aliphatic heterocycles. The van der Waals surface area contributed by atoms with Crippen LogP contribution in [-0.4, -0.2) is 12.7 Å². The van der Waals surface area contributed by atoms with E-state index >= 15 is 0 Å². The van der Waals surface area contributed by atoms with E-state index in [4.69, 9.17) is 4.74 Å². The van der Waals surface area contributed by atoms with Gasteiger partial charge in [-0.05, 0) is 19.8 Å². The van der Waals surface area contributed by atoms with Gasteiger partial charge in [0.05, 0.1) is 6.10 Å². The van der Waals surface area contributed by atoms with Gasteiger partial charge < -0.3 is 4.74 Å². The van der Waals surface area contributed by atoms with E-state index in [1.54, 1.807) is 0 Å². The number of hydrogen-bond acceptors (Lipinski definition) is 1. The van der Waals surface area contributed by atoms with Crippen molar-refractivity contribution in [2.45, 2.75) is 95.1 Å². The van der Waals surface area contributed by atoms with Gasteiger partial charge in [-0.25, -0.2) is 11.1 Å².